The molecule has 0 saturated heterocycles. The number of aromatic nitrogens is 3. The van der Waals surface area contributed by atoms with E-state index in [0.29, 0.717) is 16.4 Å². The molecule has 1 N–H and O–H groups in total. The van der Waals surface area contributed by atoms with Gasteiger partial charge in [-0.15, -0.1) is 0 Å². The summed E-state index contributed by atoms with van der Waals surface area (Å²) in [6.45, 7) is 1.89. The molecule has 0 amide bonds. The van der Waals surface area contributed by atoms with Crippen LogP contribution in [0.3, 0.4) is 0 Å². The summed E-state index contributed by atoms with van der Waals surface area (Å²) in [5.41, 5.74) is 0.938. The van der Waals surface area contributed by atoms with Crippen LogP contribution in [0.5, 0.6) is 0 Å². The summed E-state index contributed by atoms with van der Waals surface area (Å²) in [5.74, 6) is 2.17. The lowest BCUT2D eigenvalue weighted by atomic mass is 10.2. The molecule has 20 heavy (non-hydrogen) atoms. The summed E-state index contributed by atoms with van der Waals surface area (Å²) in [6.07, 6.45) is 1.62. The first-order valence-electron chi connectivity index (χ1n) is 6.08. The van der Waals surface area contributed by atoms with Crippen LogP contribution in [-0.2, 0) is 0 Å². The number of rotatable bonds is 3. The summed E-state index contributed by atoms with van der Waals surface area (Å²) in [7, 11) is 0. The van der Waals surface area contributed by atoms with Crippen LogP contribution >= 0.6 is 12.2 Å². The molecule has 0 atom stereocenters. The number of benzene rings is 1. The third kappa shape index (κ3) is 2.46. The van der Waals surface area contributed by atoms with Gasteiger partial charge < -0.3 is 4.42 Å². The van der Waals surface area contributed by atoms with Gasteiger partial charge in [0.05, 0.1) is 6.21 Å². The Balaban J connectivity index is 2.00. The van der Waals surface area contributed by atoms with Crippen LogP contribution in [0.25, 0.3) is 11.4 Å². The van der Waals surface area contributed by atoms with E-state index in [1.54, 1.807) is 10.9 Å². The lowest BCUT2D eigenvalue weighted by Crippen LogP contribution is -1.94. The monoisotopic (exact) mass is 284 g/mol. The standard InChI is InChI=1S/C14H12N4OS/c1-10-7-8-12(19-10)9-15-18-13(16-17-14(18)20)11-5-3-2-4-6-11/h2-9H,1H3,(H,17,20)/b15-9+. The molecule has 0 spiro atoms. The molecule has 3 aromatic rings. The smallest absolute Gasteiger partial charge is 0.216 e. The van der Waals surface area contributed by atoms with Crippen molar-refractivity contribution < 1.29 is 4.42 Å². The van der Waals surface area contributed by atoms with E-state index in [1.807, 2.05) is 49.4 Å². The minimum atomic E-state index is 0.434. The van der Waals surface area contributed by atoms with Crippen LogP contribution in [0.2, 0.25) is 0 Å². The van der Waals surface area contributed by atoms with Crippen molar-refractivity contribution in [2.45, 2.75) is 6.92 Å². The van der Waals surface area contributed by atoms with Gasteiger partial charge in [0.25, 0.3) is 0 Å². The summed E-state index contributed by atoms with van der Waals surface area (Å²) in [6, 6.07) is 13.5. The normalized spacial score (nSPS) is 11.2. The highest BCUT2D eigenvalue weighted by Crippen LogP contribution is 2.16. The van der Waals surface area contributed by atoms with Gasteiger partial charge in [-0.3, -0.25) is 0 Å². The Morgan fingerprint density at radius 3 is 2.75 bits per heavy atom. The Labute approximate surface area is 120 Å². The van der Waals surface area contributed by atoms with E-state index in [0.717, 1.165) is 11.3 Å². The van der Waals surface area contributed by atoms with Crippen molar-refractivity contribution in [1.82, 2.24) is 14.9 Å². The first kappa shape index (κ1) is 12.6. The van der Waals surface area contributed by atoms with Crippen molar-refractivity contribution in [2.24, 2.45) is 5.10 Å². The third-order valence-corrected chi connectivity index (χ3v) is 3.01. The van der Waals surface area contributed by atoms with Crippen molar-refractivity contribution in [2.75, 3.05) is 0 Å². The van der Waals surface area contributed by atoms with Gasteiger partial charge in [-0.1, -0.05) is 30.3 Å². The highest BCUT2D eigenvalue weighted by molar-refractivity contribution is 7.71. The van der Waals surface area contributed by atoms with Gasteiger partial charge in [0, 0.05) is 5.56 Å². The van der Waals surface area contributed by atoms with Crippen molar-refractivity contribution in [3.05, 3.63) is 58.8 Å². The van der Waals surface area contributed by atoms with Crippen LogP contribution in [0.1, 0.15) is 11.5 Å². The van der Waals surface area contributed by atoms with E-state index in [4.69, 9.17) is 16.6 Å². The lowest BCUT2D eigenvalue weighted by molar-refractivity contribution is 0.527. The number of nitrogens with one attached hydrogen (secondary N) is 1. The molecule has 0 aliphatic rings. The topological polar surface area (TPSA) is 59.1 Å². The largest absolute Gasteiger partial charge is 0.460 e. The molecular formula is C14H12N4OS. The molecule has 1 aromatic carbocycles. The first-order chi connectivity index (χ1) is 9.74. The van der Waals surface area contributed by atoms with Crippen LogP contribution < -0.4 is 0 Å². The molecule has 0 bridgehead atoms. The molecule has 0 unspecified atom stereocenters. The van der Waals surface area contributed by atoms with Gasteiger partial charge in [-0.25, -0.2) is 5.10 Å². The minimum Gasteiger partial charge on any atom is -0.460 e. The number of H-pyrrole nitrogens is 1. The Morgan fingerprint density at radius 2 is 2.05 bits per heavy atom. The Kier molecular flexibility index (Phi) is 3.30. The quantitative estimate of drug-likeness (QED) is 0.592. The highest BCUT2D eigenvalue weighted by Gasteiger charge is 2.07. The van der Waals surface area contributed by atoms with E-state index in [9.17, 15) is 0 Å². The number of hydrogen-bond donors (Lipinski definition) is 1. The molecule has 100 valence electrons. The Bertz CT molecular complexity index is 798. The Hall–Kier alpha value is -2.47. The predicted octanol–water partition coefficient (Wildman–Crippen LogP) is 3.39. The maximum atomic E-state index is 5.44. The van der Waals surface area contributed by atoms with E-state index in [-0.39, 0.29) is 0 Å². The van der Waals surface area contributed by atoms with E-state index >= 15 is 0 Å². The van der Waals surface area contributed by atoms with Crippen LogP contribution in [0.4, 0.5) is 0 Å². The number of aryl methyl sites for hydroxylation is 1. The summed E-state index contributed by atoms with van der Waals surface area (Å²) >= 11 is 5.19. The van der Waals surface area contributed by atoms with Crippen LogP contribution in [0.15, 0.2) is 52.0 Å². The summed E-state index contributed by atoms with van der Waals surface area (Å²) in [4.78, 5) is 0. The van der Waals surface area contributed by atoms with Crippen molar-refractivity contribution in [1.29, 1.82) is 0 Å². The van der Waals surface area contributed by atoms with Gasteiger partial charge in [0.1, 0.15) is 11.5 Å². The predicted molar refractivity (Wildman–Crippen MR) is 79.3 cm³/mol. The maximum Gasteiger partial charge on any atom is 0.216 e. The maximum absolute atomic E-state index is 5.44. The zero-order valence-corrected chi connectivity index (χ0v) is 11.6. The van der Waals surface area contributed by atoms with Crippen LogP contribution in [-0.4, -0.2) is 21.1 Å². The average molecular weight is 284 g/mol. The van der Waals surface area contributed by atoms with Gasteiger partial charge >= 0.3 is 0 Å². The van der Waals surface area contributed by atoms with Crippen molar-refractivity contribution in [3.63, 3.8) is 0 Å². The highest BCUT2D eigenvalue weighted by atomic mass is 32.1. The zero-order valence-electron chi connectivity index (χ0n) is 10.8. The fourth-order valence-electron chi connectivity index (χ4n) is 1.81. The molecule has 0 saturated carbocycles. The SMILES string of the molecule is Cc1ccc(/C=N/n2c(-c3ccccc3)n[nH]c2=S)o1. The summed E-state index contributed by atoms with van der Waals surface area (Å²) in [5, 5.41) is 11.3. The summed E-state index contributed by atoms with van der Waals surface area (Å²) < 4.78 is 7.45. The molecule has 6 heteroatoms. The van der Waals surface area contributed by atoms with Crippen molar-refractivity contribution >= 4 is 18.4 Å². The zero-order chi connectivity index (χ0) is 13.9. The number of furan rings is 1. The molecule has 0 aliphatic carbocycles. The lowest BCUT2D eigenvalue weighted by Gasteiger charge is -1.99. The molecule has 2 aromatic heterocycles. The fourth-order valence-corrected chi connectivity index (χ4v) is 1.99. The molecule has 0 radical (unpaired) electrons. The van der Waals surface area contributed by atoms with Gasteiger partial charge in [0.15, 0.2) is 5.82 Å². The second-order valence-corrected chi connectivity index (χ2v) is 4.61. The second kappa shape index (κ2) is 5.26. The van der Waals surface area contributed by atoms with Gasteiger partial charge in [-0.05, 0) is 31.3 Å². The van der Waals surface area contributed by atoms with E-state index in [2.05, 4.69) is 15.3 Å². The number of nitrogens with zero attached hydrogens (tertiary/aromatic N) is 3. The number of hydrogen-bond acceptors (Lipinski definition) is 4. The molecule has 3 rings (SSSR count). The Morgan fingerprint density at radius 1 is 1.25 bits per heavy atom. The minimum absolute atomic E-state index is 0.434. The van der Waals surface area contributed by atoms with Crippen molar-refractivity contribution in [3.8, 4) is 11.4 Å². The molecule has 0 aliphatic heterocycles. The third-order valence-electron chi connectivity index (χ3n) is 2.74. The second-order valence-electron chi connectivity index (χ2n) is 4.22. The number of aromatic amines is 1. The molecule has 0 fully saturated rings. The molecular weight excluding hydrogens is 272 g/mol. The van der Waals surface area contributed by atoms with E-state index < -0.39 is 0 Å². The average Bonchev–Trinajstić information content (AvgIpc) is 3.04. The first-order valence-corrected chi connectivity index (χ1v) is 6.48. The van der Waals surface area contributed by atoms with Gasteiger partial charge in [0.2, 0.25) is 4.77 Å². The van der Waals surface area contributed by atoms with Gasteiger partial charge in [-0.2, -0.15) is 14.9 Å². The van der Waals surface area contributed by atoms with E-state index in [1.165, 1.54) is 0 Å². The molecule has 5 nitrogen and oxygen atoms in total. The molecule has 2 heterocycles. The van der Waals surface area contributed by atoms with Crippen LogP contribution in [0, 0.1) is 11.7 Å². The fraction of sp³-hybridized carbons (Fsp3) is 0.0714.